The fraction of sp³-hybridized carbons (Fsp3) is 0.0833. The van der Waals surface area contributed by atoms with Crippen molar-refractivity contribution in [1.29, 1.82) is 0 Å². The quantitative estimate of drug-likeness (QED) is 0.562. The van der Waals surface area contributed by atoms with Crippen LogP contribution in [0, 0.1) is 0 Å². The summed E-state index contributed by atoms with van der Waals surface area (Å²) in [6.07, 6.45) is 4.32. The van der Waals surface area contributed by atoms with E-state index >= 15 is 0 Å². The van der Waals surface area contributed by atoms with Gasteiger partial charge in [-0.05, 0) is 28.3 Å². The number of hydrogen-bond donors (Lipinski definition) is 4. The van der Waals surface area contributed by atoms with E-state index in [1.165, 1.54) is 11.1 Å². The van der Waals surface area contributed by atoms with Crippen LogP contribution in [0.25, 0.3) is 11.4 Å². The maximum absolute atomic E-state index is 3.57. The third-order valence-corrected chi connectivity index (χ3v) is 5.14. The molecule has 4 nitrogen and oxygen atoms in total. The largest absolute Gasteiger partial charge is 0.366 e. The first-order valence-electron chi connectivity index (χ1n) is 9.53. The summed E-state index contributed by atoms with van der Waals surface area (Å²) < 4.78 is 0. The minimum Gasteiger partial charge on any atom is -0.366 e. The number of benzene rings is 3. The first-order chi connectivity index (χ1) is 13.9. The monoisotopic (exact) mass is 366 g/mol. The minimum absolute atomic E-state index is 0.104. The summed E-state index contributed by atoms with van der Waals surface area (Å²) >= 11 is 0. The highest BCUT2D eigenvalue weighted by Crippen LogP contribution is 2.26. The molecule has 2 aliphatic rings. The number of hydrogen-bond acceptors (Lipinski definition) is 4. The van der Waals surface area contributed by atoms with Gasteiger partial charge in [-0.25, -0.2) is 0 Å². The first-order valence-corrected chi connectivity index (χ1v) is 9.53. The van der Waals surface area contributed by atoms with Crippen molar-refractivity contribution in [3.63, 3.8) is 0 Å². The van der Waals surface area contributed by atoms with Crippen LogP contribution in [0.15, 0.2) is 97.3 Å². The molecule has 2 heterocycles. The van der Waals surface area contributed by atoms with Crippen molar-refractivity contribution in [2.45, 2.75) is 12.3 Å². The lowest BCUT2D eigenvalue weighted by atomic mass is 10.1. The van der Waals surface area contributed by atoms with Gasteiger partial charge in [-0.3, -0.25) is 0 Å². The van der Waals surface area contributed by atoms with E-state index in [0.29, 0.717) is 0 Å². The lowest BCUT2D eigenvalue weighted by molar-refractivity contribution is 0.613. The molecule has 2 unspecified atom stereocenters. The lowest BCUT2D eigenvalue weighted by Gasteiger charge is -2.16. The Morgan fingerprint density at radius 1 is 0.500 bits per heavy atom. The van der Waals surface area contributed by atoms with E-state index in [0.717, 1.165) is 22.5 Å². The highest BCUT2D eigenvalue weighted by molar-refractivity contribution is 5.73. The second kappa shape index (κ2) is 7.16. The van der Waals surface area contributed by atoms with Crippen molar-refractivity contribution in [3.05, 3.63) is 120 Å². The van der Waals surface area contributed by atoms with Crippen LogP contribution in [0.4, 0.5) is 0 Å². The average Bonchev–Trinajstić information content (AvgIpc) is 3.46. The summed E-state index contributed by atoms with van der Waals surface area (Å²) in [4.78, 5) is 0. The molecule has 0 aliphatic carbocycles. The standard InChI is InChI=1S/C24H22N4/c1-3-8-17(9-4-1)23-25-15-21(27-23)19-12-7-13-20(14-19)22-16-26-24(28-22)18-10-5-2-6-11-18/h1-16,23-28H. The van der Waals surface area contributed by atoms with Crippen molar-refractivity contribution in [2.24, 2.45) is 0 Å². The highest BCUT2D eigenvalue weighted by Gasteiger charge is 2.20. The summed E-state index contributed by atoms with van der Waals surface area (Å²) in [5, 5.41) is 14.0. The molecule has 4 N–H and O–H groups in total. The summed E-state index contributed by atoms with van der Waals surface area (Å²) in [6, 6.07) is 29.4. The molecule has 3 aromatic carbocycles. The van der Waals surface area contributed by atoms with Crippen LogP contribution in [0.3, 0.4) is 0 Å². The predicted octanol–water partition coefficient (Wildman–Crippen LogP) is 4.07. The molecule has 0 fully saturated rings. The van der Waals surface area contributed by atoms with Gasteiger partial charge in [-0.1, -0.05) is 78.9 Å². The van der Waals surface area contributed by atoms with Crippen molar-refractivity contribution in [1.82, 2.24) is 21.3 Å². The predicted molar refractivity (Wildman–Crippen MR) is 113 cm³/mol. The van der Waals surface area contributed by atoms with Gasteiger partial charge in [-0.15, -0.1) is 0 Å². The molecule has 0 aromatic heterocycles. The molecule has 0 radical (unpaired) electrons. The summed E-state index contributed by atoms with van der Waals surface area (Å²) in [5.41, 5.74) is 6.97. The molecule has 0 saturated carbocycles. The van der Waals surface area contributed by atoms with Crippen molar-refractivity contribution >= 4 is 11.4 Å². The lowest BCUT2D eigenvalue weighted by Crippen LogP contribution is -2.22. The van der Waals surface area contributed by atoms with E-state index in [4.69, 9.17) is 0 Å². The molecular formula is C24H22N4. The van der Waals surface area contributed by atoms with Gasteiger partial charge >= 0.3 is 0 Å². The molecule has 0 spiro atoms. The molecule has 0 amide bonds. The topological polar surface area (TPSA) is 48.1 Å². The molecule has 28 heavy (non-hydrogen) atoms. The normalized spacial score (nSPS) is 20.3. The summed E-state index contributed by atoms with van der Waals surface area (Å²) in [6.45, 7) is 0. The Hall–Kier alpha value is -3.66. The fourth-order valence-electron chi connectivity index (χ4n) is 3.65. The Bertz CT molecular complexity index is 944. The molecule has 2 aliphatic heterocycles. The van der Waals surface area contributed by atoms with Gasteiger partial charge in [0.05, 0.1) is 11.4 Å². The molecule has 0 bridgehead atoms. The average molecular weight is 366 g/mol. The van der Waals surface area contributed by atoms with Crippen LogP contribution in [0.2, 0.25) is 0 Å². The zero-order valence-electron chi connectivity index (χ0n) is 15.4. The smallest absolute Gasteiger partial charge is 0.123 e. The Morgan fingerprint density at radius 2 is 0.964 bits per heavy atom. The van der Waals surface area contributed by atoms with Crippen molar-refractivity contribution in [3.8, 4) is 0 Å². The van der Waals surface area contributed by atoms with E-state index < -0.39 is 0 Å². The number of nitrogens with one attached hydrogen (secondary N) is 4. The van der Waals surface area contributed by atoms with Gasteiger partial charge in [0.25, 0.3) is 0 Å². The highest BCUT2D eigenvalue weighted by atomic mass is 15.2. The third kappa shape index (κ3) is 3.21. The van der Waals surface area contributed by atoms with E-state index in [9.17, 15) is 0 Å². The Morgan fingerprint density at radius 3 is 1.43 bits per heavy atom. The van der Waals surface area contributed by atoms with Crippen LogP contribution in [-0.2, 0) is 0 Å². The first kappa shape index (κ1) is 16.5. The second-order valence-corrected chi connectivity index (χ2v) is 7.01. The summed E-state index contributed by atoms with van der Waals surface area (Å²) in [5.74, 6) is 0. The van der Waals surface area contributed by atoms with Crippen molar-refractivity contribution < 1.29 is 0 Å². The van der Waals surface area contributed by atoms with Gasteiger partial charge < -0.3 is 21.3 Å². The minimum atomic E-state index is 0.104. The van der Waals surface area contributed by atoms with Gasteiger partial charge in [0.1, 0.15) is 12.3 Å². The zero-order chi connectivity index (χ0) is 18.8. The molecular weight excluding hydrogens is 344 g/mol. The van der Waals surface area contributed by atoms with Crippen LogP contribution in [-0.4, -0.2) is 0 Å². The van der Waals surface area contributed by atoms with E-state index in [1.54, 1.807) is 0 Å². The van der Waals surface area contributed by atoms with E-state index in [2.05, 4.69) is 106 Å². The molecule has 4 heteroatoms. The Balaban J connectivity index is 1.31. The van der Waals surface area contributed by atoms with Crippen LogP contribution >= 0.6 is 0 Å². The Labute approximate surface area is 165 Å². The van der Waals surface area contributed by atoms with E-state index in [1.807, 2.05) is 12.1 Å². The van der Waals surface area contributed by atoms with Crippen LogP contribution in [0.1, 0.15) is 34.6 Å². The third-order valence-electron chi connectivity index (χ3n) is 5.14. The molecule has 3 aromatic rings. The SMILES string of the molecule is C1=C(c2cccc(C3=CNC(c4ccccc4)N3)c2)NC(c2ccccc2)N1. The maximum Gasteiger partial charge on any atom is 0.123 e. The van der Waals surface area contributed by atoms with Crippen LogP contribution in [0.5, 0.6) is 0 Å². The van der Waals surface area contributed by atoms with Crippen molar-refractivity contribution in [2.75, 3.05) is 0 Å². The molecule has 0 saturated heterocycles. The van der Waals surface area contributed by atoms with Crippen LogP contribution < -0.4 is 21.3 Å². The maximum atomic E-state index is 3.57. The van der Waals surface area contributed by atoms with Gasteiger partial charge in [0, 0.05) is 12.4 Å². The fourth-order valence-corrected chi connectivity index (χ4v) is 3.65. The number of rotatable bonds is 4. The Kier molecular flexibility index (Phi) is 4.22. The van der Waals surface area contributed by atoms with Gasteiger partial charge in [0.2, 0.25) is 0 Å². The van der Waals surface area contributed by atoms with E-state index in [-0.39, 0.29) is 12.3 Å². The second-order valence-electron chi connectivity index (χ2n) is 7.01. The summed E-state index contributed by atoms with van der Waals surface area (Å²) in [7, 11) is 0. The van der Waals surface area contributed by atoms with Gasteiger partial charge in [0.15, 0.2) is 0 Å². The molecule has 2 atom stereocenters. The van der Waals surface area contributed by atoms with Gasteiger partial charge in [-0.2, -0.15) is 0 Å². The molecule has 5 rings (SSSR count). The zero-order valence-corrected chi connectivity index (χ0v) is 15.4. The molecule has 138 valence electrons.